The zero-order chi connectivity index (χ0) is 44.9. The van der Waals surface area contributed by atoms with Crippen molar-refractivity contribution in [1.82, 2.24) is 18.7 Å². The van der Waals surface area contributed by atoms with Crippen molar-refractivity contribution in [3.05, 3.63) is 101 Å². The average molecular weight is 924 g/mol. The first kappa shape index (κ1) is 49.2. The number of aromatic nitrogens is 4. The van der Waals surface area contributed by atoms with E-state index in [1.165, 1.54) is 21.5 Å². The molecular weight excluding hydrogens is 860 g/mol. The highest BCUT2D eigenvalue weighted by atomic mass is 79.9. The highest BCUT2D eigenvalue weighted by Gasteiger charge is 2.45. The zero-order valence-corrected chi connectivity index (χ0v) is 39.2. The lowest BCUT2D eigenvalue weighted by Gasteiger charge is -2.39. The molecule has 0 spiro atoms. The first-order valence-electron chi connectivity index (χ1n) is 20.4. The molecular formula is C42H63BrN4O12Si. The number of carbonyl (C=O) groups excluding carboxylic acids is 1. The molecule has 2 fully saturated rings. The predicted octanol–water partition coefficient (Wildman–Crippen LogP) is 5.87. The van der Waals surface area contributed by atoms with Crippen LogP contribution in [0.25, 0.3) is 0 Å². The van der Waals surface area contributed by atoms with Gasteiger partial charge in [0.15, 0.2) is 8.32 Å². The third kappa shape index (κ3) is 11.9. The van der Waals surface area contributed by atoms with Crippen LogP contribution in [0.2, 0.25) is 18.1 Å². The number of carbonyl (C=O) groups is 1. The van der Waals surface area contributed by atoms with E-state index < -0.39 is 67.2 Å². The van der Waals surface area contributed by atoms with E-state index in [4.69, 9.17) is 23.4 Å². The highest BCUT2D eigenvalue weighted by Crippen LogP contribution is 2.41. The molecule has 1 unspecified atom stereocenters. The number of hydrogen-bond acceptors (Lipinski definition) is 12. The molecule has 0 bridgehead atoms. The molecule has 7 atom stereocenters. The second kappa shape index (κ2) is 20.1. The number of rotatable bonds is 12. The molecule has 2 aliphatic rings. The number of ether oxygens (including phenoxy) is 4. The van der Waals surface area contributed by atoms with E-state index >= 15 is 0 Å². The monoisotopic (exact) mass is 922 g/mol. The second-order valence-electron chi connectivity index (χ2n) is 18.1. The van der Waals surface area contributed by atoms with Gasteiger partial charge in [-0.1, -0.05) is 87.8 Å². The van der Waals surface area contributed by atoms with Crippen LogP contribution in [0.3, 0.4) is 0 Å². The van der Waals surface area contributed by atoms with Crippen LogP contribution in [-0.2, 0) is 35.3 Å². The Hall–Kier alpha value is -3.49. The van der Waals surface area contributed by atoms with Crippen LogP contribution >= 0.6 is 15.9 Å². The molecule has 0 amide bonds. The van der Waals surface area contributed by atoms with Crippen LogP contribution < -0.4 is 22.5 Å². The Bertz CT molecular complexity index is 2150. The summed E-state index contributed by atoms with van der Waals surface area (Å²) < 4.78 is 32.7. The number of alkyl halides is 1. The molecule has 4 heterocycles. The molecule has 2 saturated heterocycles. The normalized spacial score (nSPS) is 22.7. The molecule has 2 aromatic heterocycles. The summed E-state index contributed by atoms with van der Waals surface area (Å²) >= 11 is 3.28. The van der Waals surface area contributed by atoms with Crippen molar-refractivity contribution in [2.24, 2.45) is 5.92 Å². The number of halogens is 1. The van der Waals surface area contributed by atoms with Gasteiger partial charge in [0.25, 0.3) is 11.1 Å². The van der Waals surface area contributed by atoms with Gasteiger partial charge in [-0.15, -0.1) is 0 Å². The van der Waals surface area contributed by atoms with Gasteiger partial charge >= 0.3 is 17.5 Å². The summed E-state index contributed by atoms with van der Waals surface area (Å²) in [5.74, 6) is 0.186. The molecule has 3 N–H and O–H groups in total. The summed E-state index contributed by atoms with van der Waals surface area (Å²) in [6, 6.07) is 9.73. The minimum Gasteiger partial charge on any atom is -0.443 e. The SMILES string of the molecule is CC(C)C(OCc1cn([C@H]2C[C@@H](O)[C@@H](CO)O2)c(=O)[nH]c1=O)c1ccccc1.CC[C@H]1O[C@@H](n2cc(CBr)c(=O)n(C(=O)OC(C)(C)C)c2=O)C[C@H]1O[Si](C)(C)C(C)(C)C. The smallest absolute Gasteiger partial charge is 0.425 e. The number of H-pyrrole nitrogens is 1. The maximum Gasteiger partial charge on any atom is 0.425 e. The molecule has 5 rings (SSSR count). The lowest BCUT2D eigenvalue weighted by Crippen LogP contribution is -2.47. The number of hydrogen-bond donors (Lipinski definition) is 3. The number of benzene rings is 1. The molecule has 18 heteroatoms. The molecule has 334 valence electrons. The standard InChI is InChI=1S/C22H37BrN2O6Si.C20H26N2O6/c1-10-15-16(31-32(8,9)22(5,6)7)11-17(29-15)24-13-14(12-23)18(26)25(19(24)27)20(28)30-21(2,3)4;1-12(2)18(13-6-4-3-5-7-13)27-11-14-9-22(20(26)21-19(14)25)17-8-15(24)16(10-23)28-17/h13,15-17H,10-12H2,1-9H3;3-7,9,12,15-18,23-24H,8,10-11H2,1-2H3,(H,21,25,26)/t15-,16-,17-;15-,16-,17-,18?/m11/s1. The van der Waals surface area contributed by atoms with Crippen molar-refractivity contribution < 1.29 is 38.4 Å². The summed E-state index contributed by atoms with van der Waals surface area (Å²) in [6.07, 6.45) is -0.400. The van der Waals surface area contributed by atoms with E-state index in [2.05, 4.69) is 54.8 Å². The van der Waals surface area contributed by atoms with Gasteiger partial charge in [-0.3, -0.25) is 23.7 Å². The number of nitrogens with zero attached hydrogens (tertiary/aromatic N) is 3. The van der Waals surface area contributed by atoms with Gasteiger partial charge in [0.1, 0.15) is 24.2 Å². The summed E-state index contributed by atoms with van der Waals surface area (Å²) in [4.78, 5) is 65.3. The topological polar surface area (TPSA) is 203 Å². The Labute approximate surface area is 360 Å². The van der Waals surface area contributed by atoms with Crippen LogP contribution in [0.5, 0.6) is 0 Å². The minimum absolute atomic E-state index is 0.0199. The summed E-state index contributed by atoms with van der Waals surface area (Å²) in [5, 5.41) is 19.3. The third-order valence-corrected chi connectivity index (χ3v) is 16.0. The fourth-order valence-corrected chi connectivity index (χ4v) is 8.44. The molecule has 16 nitrogen and oxygen atoms in total. The van der Waals surface area contributed by atoms with E-state index in [1.54, 1.807) is 20.8 Å². The van der Waals surface area contributed by atoms with Crippen LogP contribution in [0, 0.1) is 5.92 Å². The van der Waals surface area contributed by atoms with E-state index in [0.29, 0.717) is 11.0 Å². The molecule has 1 aromatic carbocycles. The Morgan fingerprint density at radius 1 is 0.950 bits per heavy atom. The Morgan fingerprint density at radius 2 is 1.55 bits per heavy atom. The summed E-state index contributed by atoms with van der Waals surface area (Å²) in [5.41, 5.74) is -1.92. The van der Waals surface area contributed by atoms with Crippen LogP contribution in [0.1, 0.15) is 117 Å². The lowest BCUT2D eigenvalue weighted by atomic mass is 9.99. The van der Waals surface area contributed by atoms with Gasteiger partial charge in [-0.05, 0) is 56.8 Å². The number of nitrogens with one attached hydrogen (secondary N) is 1. The summed E-state index contributed by atoms with van der Waals surface area (Å²) in [6.45, 7) is 21.7. The van der Waals surface area contributed by atoms with E-state index in [-0.39, 0.29) is 65.4 Å². The summed E-state index contributed by atoms with van der Waals surface area (Å²) in [7, 11) is -2.06. The van der Waals surface area contributed by atoms with Crippen LogP contribution in [0.4, 0.5) is 4.79 Å². The fourth-order valence-electron chi connectivity index (χ4n) is 6.69. The van der Waals surface area contributed by atoms with Gasteiger partial charge < -0.3 is 33.6 Å². The van der Waals surface area contributed by atoms with Crippen molar-refractivity contribution in [3.63, 3.8) is 0 Å². The first-order valence-corrected chi connectivity index (χ1v) is 24.4. The van der Waals surface area contributed by atoms with E-state index in [0.717, 1.165) is 12.0 Å². The molecule has 0 aliphatic carbocycles. The van der Waals surface area contributed by atoms with Gasteiger partial charge in [0.2, 0.25) is 0 Å². The number of aliphatic hydroxyl groups excluding tert-OH is 2. The van der Waals surface area contributed by atoms with Crippen molar-refractivity contribution >= 4 is 30.3 Å². The lowest BCUT2D eigenvalue weighted by molar-refractivity contribution is -0.0463. The Balaban J connectivity index is 0.000000267. The fraction of sp³-hybridized carbons (Fsp3) is 0.643. The van der Waals surface area contributed by atoms with E-state index in [1.807, 2.05) is 51.1 Å². The van der Waals surface area contributed by atoms with Crippen molar-refractivity contribution in [3.8, 4) is 0 Å². The highest BCUT2D eigenvalue weighted by molar-refractivity contribution is 9.08. The van der Waals surface area contributed by atoms with Crippen molar-refractivity contribution in [1.29, 1.82) is 0 Å². The Kier molecular flexibility index (Phi) is 16.5. The largest absolute Gasteiger partial charge is 0.443 e. The average Bonchev–Trinajstić information content (AvgIpc) is 3.73. The Morgan fingerprint density at radius 3 is 2.08 bits per heavy atom. The second-order valence-corrected chi connectivity index (χ2v) is 23.4. The van der Waals surface area contributed by atoms with Gasteiger partial charge in [-0.2, -0.15) is 4.57 Å². The third-order valence-electron chi connectivity index (χ3n) is 10.9. The maximum atomic E-state index is 13.2. The molecule has 0 radical (unpaired) electrons. The number of aromatic amines is 1. The first-order chi connectivity index (χ1) is 27.9. The zero-order valence-electron chi connectivity index (χ0n) is 36.6. The molecule has 0 saturated carbocycles. The van der Waals surface area contributed by atoms with Gasteiger partial charge in [0.05, 0.1) is 43.2 Å². The molecule has 3 aromatic rings. The van der Waals surface area contributed by atoms with E-state index in [9.17, 15) is 34.2 Å². The van der Waals surface area contributed by atoms with Crippen molar-refractivity contribution in [2.75, 3.05) is 6.61 Å². The quantitative estimate of drug-likeness (QED) is 0.144. The minimum atomic E-state index is -2.06. The van der Waals surface area contributed by atoms with Crippen LogP contribution in [0.15, 0.2) is 61.9 Å². The molecule has 2 aliphatic heterocycles. The van der Waals surface area contributed by atoms with Crippen molar-refractivity contribution in [2.45, 2.75) is 160 Å². The van der Waals surface area contributed by atoms with Gasteiger partial charge in [-0.25, -0.2) is 14.4 Å². The molecule has 60 heavy (non-hydrogen) atoms. The number of aliphatic hydroxyl groups is 2. The van der Waals surface area contributed by atoms with Gasteiger partial charge in [0, 0.05) is 36.1 Å². The van der Waals surface area contributed by atoms with Crippen LogP contribution in [-0.4, -0.2) is 79.9 Å². The maximum absolute atomic E-state index is 13.2. The predicted molar refractivity (Wildman–Crippen MR) is 232 cm³/mol.